The molecule has 3 aromatic rings. The molecule has 3 rings (SSSR count). The molecule has 8 heteroatoms. The summed E-state index contributed by atoms with van der Waals surface area (Å²) in [4.78, 5) is 44.6. The van der Waals surface area contributed by atoms with Gasteiger partial charge in [-0.25, -0.2) is 9.78 Å². The maximum atomic E-state index is 12.4. The predicted molar refractivity (Wildman–Crippen MR) is 104 cm³/mol. The second-order valence-corrected chi connectivity index (χ2v) is 7.42. The topological polar surface area (TPSA) is 101 Å². The van der Waals surface area contributed by atoms with Gasteiger partial charge in [-0.05, 0) is 50.6 Å². The maximum Gasteiger partial charge on any atom is 0.338 e. The van der Waals surface area contributed by atoms with Crippen LogP contribution in [-0.4, -0.2) is 21.8 Å². The van der Waals surface area contributed by atoms with Crippen LogP contribution in [0.5, 0.6) is 0 Å². The lowest BCUT2D eigenvalue weighted by Crippen LogP contribution is -2.17. The lowest BCUT2D eigenvalue weighted by molar-refractivity contribution is -0.114. The minimum atomic E-state index is -0.715. The number of carbonyl (C=O) groups is 2. The number of amides is 1. The van der Waals surface area contributed by atoms with E-state index in [0.29, 0.717) is 27.3 Å². The van der Waals surface area contributed by atoms with E-state index in [1.54, 1.807) is 31.2 Å². The number of aryl methyl sites for hydroxylation is 2. The summed E-state index contributed by atoms with van der Waals surface area (Å²) in [6.45, 7) is 6.89. The molecule has 140 valence electrons. The zero-order chi connectivity index (χ0) is 19.7. The van der Waals surface area contributed by atoms with Crippen molar-refractivity contribution in [3.63, 3.8) is 0 Å². The van der Waals surface area contributed by atoms with Gasteiger partial charge in [-0.2, -0.15) is 0 Å². The van der Waals surface area contributed by atoms with Crippen LogP contribution in [0.4, 0.5) is 5.69 Å². The van der Waals surface area contributed by atoms with E-state index in [4.69, 9.17) is 4.74 Å². The number of hydrogen-bond donors (Lipinski definition) is 2. The molecule has 2 N–H and O–H groups in total. The number of carbonyl (C=O) groups excluding carboxylic acids is 2. The fraction of sp³-hybridized carbons (Fsp3) is 0.263. The van der Waals surface area contributed by atoms with Crippen LogP contribution in [0.3, 0.4) is 0 Å². The fourth-order valence-electron chi connectivity index (χ4n) is 2.64. The van der Waals surface area contributed by atoms with Crippen LogP contribution in [0.1, 0.15) is 46.6 Å². The van der Waals surface area contributed by atoms with Gasteiger partial charge in [0.1, 0.15) is 4.83 Å². The van der Waals surface area contributed by atoms with Crippen LogP contribution < -0.4 is 10.9 Å². The molecule has 0 fully saturated rings. The standard InChI is InChI=1S/C19H19N3O4S/c1-9-11(3)27-18-15(9)17(24)21-16(22-18)10(2)26-19(25)13-5-7-14(8-6-13)20-12(4)23/h5-8,10H,1-4H3,(H,20,23)(H,21,22,24). The zero-order valence-corrected chi connectivity index (χ0v) is 16.2. The number of ether oxygens (including phenoxy) is 1. The molecule has 0 aliphatic heterocycles. The largest absolute Gasteiger partial charge is 0.451 e. The number of rotatable bonds is 4. The first-order chi connectivity index (χ1) is 12.8. The molecule has 0 spiro atoms. The zero-order valence-electron chi connectivity index (χ0n) is 15.4. The van der Waals surface area contributed by atoms with Gasteiger partial charge in [-0.3, -0.25) is 9.59 Å². The Balaban J connectivity index is 1.79. The monoisotopic (exact) mass is 385 g/mol. The maximum absolute atomic E-state index is 12.4. The van der Waals surface area contributed by atoms with Crippen molar-refractivity contribution in [2.75, 3.05) is 5.32 Å². The van der Waals surface area contributed by atoms with Crippen LogP contribution in [0.2, 0.25) is 0 Å². The molecule has 27 heavy (non-hydrogen) atoms. The van der Waals surface area contributed by atoms with Gasteiger partial charge >= 0.3 is 5.97 Å². The Labute approximate surface area is 159 Å². The van der Waals surface area contributed by atoms with Crippen molar-refractivity contribution in [1.82, 2.24) is 9.97 Å². The number of anilines is 1. The van der Waals surface area contributed by atoms with Gasteiger partial charge in [0.15, 0.2) is 11.9 Å². The molecule has 0 saturated carbocycles. The van der Waals surface area contributed by atoms with E-state index < -0.39 is 12.1 Å². The van der Waals surface area contributed by atoms with E-state index in [9.17, 15) is 14.4 Å². The molecule has 1 atom stereocenters. The molecule has 2 aromatic heterocycles. The molecule has 1 amide bonds. The van der Waals surface area contributed by atoms with E-state index in [2.05, 4.69) is 15.3 Å². The molecule has 0 bridgehead atoms. The van der Waals surface area contributed by atoms with Crippen molar-refractivity contribution >= 4 is 39.1 Å². The SMILES string of the molecule is CC(=O)Nc1ccc(C(=O)OC(C)c2nc3sc(C)c(C)c3c(=O)[nH]2)cc1. The highest BCUT2D eigenvalue weighted by Crippen LogP contribution is 2.27. The summed E-state index contributed by atoms with van der Waals surface area (Å²) in [6.07, 6.45) is -0.715. The number of aromatic nitrogens is 2. The summed E-state index contributed by atoms with van der Waals surface area (Å²) < 4.78 is 5.43. The van der Waals surface area contributed by atoms with Crippen molar-refractivity contribution in [1.29, 1.82) is 0 Å². The first-order valence-corrected chi connectivity index (χ1v) is 9.16. The van der Waals surface area contributed by atoms with Crippen molar-refractivity contribution in [2.24, 2.45) is 0 Å². The van der Waals surface area contributed by atoms with Gasteiger partial charge in [-0.15, -0.1) is 11.3 Å². The highest BCUT2D eigenvalue weighted by Gasteiger charge is 2.19. The van der Waals surface area contributed by atoms with Crippen molar-refractivity contribution in [3.8, 4) is 0 Å². The fourth-order valence-corrected chi connectivity index (χ4v) is 3.68. The highest BCUT2D eigenvalue weighted by atomic mass is 32.1. The first kappa shape index (κ1) is 18.8. The Morgan fingerprint density at radius 2 is 1.89 bits per heavy atom. The van der Waals surface area contributed by atoms with Gasteiger partial charge < -0.3 is 15.0 Å². The van der Waals surface area contributed by atoms with Gasteiger partial charge in [0.2, 0.25) is 5.91 Å². The number of hydrogen-bond acceptors (Lipinski definition) is 6. The molecule has 0 aliphatic rings. The molecule has 1 aromatic carbocycles. The number of nitrogens with zero attached hydrogens (tertiary/aromatic N) is 1. The Bertz CT molecular complexity index is 1080. The molecule has 0 aliphatic carbocycles. The average Bonchev–Trinajstić information content (AvgIpc) is 2.89. The number of thiophene rings is 1. The van der Waals surface area contributed by atoms with Crippen LogP contribution in [0.25, 0.3) is 10.2 Å². The minimum absolute atomic E-state index is 0.191. The molecule has 7 nitrogen and oxygen atoms in total. The lowest BCUT2D eigenvalue weighted by Gasteiger charge is -2.13. The van der Waals surface area contributed by atoms with E-state index in [1.807, 2.05) is 13.8 Å². The summed E-state index contributed by atoms with van der Waals surface area (Å²) in [5.41, 5.74) is 1.60. The van der Waals surface area contributed by atoms with E-state index in [-0.39, 0.29) is 11.5 Å². The highest BCUT2D eigenvalue weighted by molar-refractivity contribution is 7.18. The number of fused-ring (bicyclic) bond motifs is 1. The normalized spacial score (nSPS) is 12.0. The van der Waals surface area contributed by atoms with Crippen LogP contribution in [0, 0.1) is 13.8 Å². The lowest BCUT2D eigenvalue weighted by atomic mass is 10.2. The number of esters is 1. The van der Waals surface area contributed by atoms with Crippen molar-refractivity contribution < 1.29 is 14.3 Å². The Kier molecular flexibility index (Phi) is 5.09. The molecule has 2 heterocycles. The predicted octanol–water partition coefficient (Wildman–Crippen LogP) is 3.48. The summed E-state index contributed by atoms with van der Waals surface area (Å²) in [5, 5.41) is 3.20. The summed E-state index contributed by atoms with van der Waals surface area (Å²) >= 11 is 1.44. The molecule has 1 unspecified atom stereocenters. The average molecular weight is 385 g/mol. The van der Waals surface area contributed by atoms with Crippen LogP contribution in [-0.2, 0) is 9.53 Å². The summed E-state index contributed by atoms with van der Waals surface area (Å²) in [5.74, 6) is -0.432. The van der Waals surface area contributed by atoms with E-state index in [0.717, 1.165) is 10.4 Å². The Morgan fingerprint density at radius 1 is 1.22 bits per heavy atom. The molecule has 0 saturated heterocycles. The smallest absolute Gasteiger partial charge is 0.338 e. The van der Waals surface area contributed by atoms with E-state index >= 15 is 0 Å². The van der Waals surface area contributed by atoms with Gasteiger partial charge in [0.05, 0.1) is 10.9 Å². The molecule has 0 radical (unpaired) electrons. The van der Waals surface area contributed by atoms with Crippen molar-refractivity contribution in [3.05, 3.63) is 56.4 Å². The molecular weight excluding hydrogens is 366 g/mol. The number of H-pyrrole nitrogens is 1. The summed E-state index contributed by atoms with van der Waals surface area (Å²) in [6, 6.07) is 6.36. The minimum Gasteiger partial charge on any atom is -0.451 e. The second kappa shape index (κ2) is 7.32. The number of nitrogens with one attached hydrogen (secondary N) is 2. The quantitative estimate of drug-likeness (QED) is 0.670. The second-order valence-electron chi connectivity index (χ2n) is 6.22. The third-order valence-corrected chi connectivity index (χ3v) is 5.27. The van der Waals surface area contributed by atoms with Crippen LogP contribution in [0.15, 0.2) is 29.1 Å². The van der Waals surface area contributed by atoms with Gasteiger partial charge in [0, 0.05) is 17.5 Å². The number of benzene rings is 1. The van der Waals surface area contributed by atoms with E-state index in [1.165, 1.54) is 18.3 Å². The summed E-state index contributed by atoms with van der Waals surface area (Å²) in [7, 11) is 0. The third kappa shape index (κ3) is 3.90. The third-order valence-electron chi connectivity index (χ3n) is 4.17. The molecular formula is C19H19N3O4S. The van der Waals surface area contributed by atoms with Crippen LogP contribution >= 0.6 is 11.3 Å². The first-order valence-electron chi connectivity index (χ1n) is 8.35. The van der Waals surface area contributed by atoms with Crippen molar-refractivity contribution in [2.45, 2.75) is 33.8 Å². The Morgan fingerprint density at radius 3 is 2.52 bits per heavy atom. The Hall–Kier alpha value is -3.00. The number of aromatic amines is 1. The van der Waals surface area contributed by atoms with Gasteiger partial charge in [0.25, 0.3) is 5.56 Å². The van der Waals surface area contributed by atoms with Gasteiger partial charge in [-0.1, -0.05) is 0 Å².